The van der Waals surface area contributed by atoms with Crippen molar-refractivity contribution in [1.82, 2.24) is 5.32 Å². The van der Waals surface area contributed by atoms with Gasteiger partial charge in [-0.15, -0.1) is 0 Å². The van der Waals surface area contributed by atoms with Gasteiger partial charge in [0, 0.05) is 24.9 Å². The van der Waals surface area contributed by atoms with Gasteiger partial charge in [-0.1, -0.05) is 0 Å². The van der Waals surface area contributed by atoms with Crippen molar-refractivity contribution in [2.75, 3.05) is 5.01 Å². The average molecular weight is 401 g/mol. The molecule has 0 unspecified atom stereocenters. The molecule has 7 nitrogen and oxygen atoms in total. The quantitative estimate of drug-likeness (QED) is 0.464. The molecule has 1 aliphatic heterocycles. The Bertz CT molecular complexity index is 859. The fourth-order valence-corrected chi connectivity index (χ4v) is 2.45. The molecule has 2 amide bonds. The first-order chi connectivity index (χ1) is 13.2. The Morgan fingerprint density at radius 1 is 1.18 bits per heavy atom. The van der Waals surface area contributed by atoms with Crippen LogP contribution in [0.4, 0.5) is 23.2 Å². The molecule has 3 rings (SSSR count). The van der Waals surface area contributed by atoms with E-state index in [0.717, 1.165) is 12.8 Å². The van der Waals surface area contributed by atoms with E-state index in [1.165, 1.54) is 6.92 Å². The predicted octanol–water partition coefficient (Wildman–Crippen LogP) is 1.94. The number of rotatable bonds is 5. The molecule has 1 atom stereocenters. The number of hydrazone groups is 1. The topological polar surface area (TPSA) is 88.1 Å². The van der Waals surface area contributed by atoms with Crippen LogP contribution in [0.3, 0.4) is 0 Å². The summed E-state index contributed by atoms with van der Waals surface area (Å²) in [7, 11) is 0. The number of carbonyl (C=O) groups is 3. The maximum absolute atomic E-state index is 14.0. The highest BCUT2D eigenvalue weighted by atomic mass is 19.2. The fraction of sp³-hybridized carbons (Fsp3) is 0.412. The number of carbonyl (C=O) groups excluding carboxylic acids is 3. The number of ether oxygens (including phenoxy) is 1. The van der Waals surface area contributed by atoms with Gasteiger partial charge in [-0.05, 0) is 19.8 Å². The standard InChI is InChI=1S/C17H15F4N3O4/c1-7(16(26)22-8-2-3-8)28-17(27)11-4-5-12(25)24(23-11)15-13(20)9(18)6-10(19)14(15)21/h6-8H,2-5H2,1H3,(H,22,26)/t7-/m0/s1. The third-order valence-electron chi connectivity index (χ3n) is 4.15. The number of hydrogen-bond donors (Lipinski definition) is 1. The minimum absolute atomic E-state index is 0.0123. The Labute approximate surface area is 156 Å². The molecule has 11 heteroatoms. The van der Waals surface area contributed by atoms with Crippen LogP contribution in [0.1, 0.15) is 32.6 Å². The van der Waals surface area contributed by atoms with Gasteiger partial charge in [0.2, 0.25) is 5.91 Å². The molecule has 1 fully saturated rings. The van der Waals surface area contributed by atoms with E-state index >= 15 is 0 Å². The first-order valence-electron chi connectivity index (χ1n) is 8.43. The largest absolute Gasteiger partial charge is 0.448 e. The highest BCUT2D eigenvalue weighted by Gasteiger charge is 2.34. The van der Waals surface area contributed by atoms with E-state index in [2.05, 4.69) is 10.4 Å². The molecule has 1 aromatic rings. The van der Waals surface area contributed by atoms with E-state index in [1.807, 2.05) is 0 Å². The minimum atomic E-state index is -1.83. The number of benzene rings is 1. The lowest BCUT2D eigenvalue weighted by Gasteiger charge is -2.24. The van der Waals surface area contributed by atoms with Crippen molar-refractivity contribution in [3.05, 3.63) is 29.3 Å². The zero-order chi connectivity index (χ0) is 20.6. The van der Waals surface area contributed by atoms with Crippen LogP contribution in [0.15, 0.2) is 11.2 Å². The maximum atomic E-state index is 14.0. The van der Waals surface area contributed by atoms with Crippen LogP contribution in [-0.2, 0) is 19.1 Å². The van der Waals surface area contributed by atoms with Crippen molar-refractivity contribution in [2.45, 2.75) is 44.8 Å². The second-order valence-electron chi connectivity index (χ2n) is 6.40. The second kappa shape index (κ2) is 7.56. The van der Waals surface area contributed by atoms with Crippen molar-refractivity contribution in [3.8, 4) is 0 Å². The van der Waals surface area contributed by atoms with Gasteiger partial charge in [-0.2, -0.15) is 10.1 Å². The van der Waals surface area contributed by atoms with Crippen LogP contribution >= 0.6 is 0 Å². The highest BCUT2D eigenvalue weighted by molar-refractivity contribution is 6.38. The van der Waals surface area contributed by atoms with Crippen molar-refractivity contribution in [3.63, 3.8) is 0 Å². The van der Waals surface area contributed by atoms with Crippen LogP contribution in [0.25, 0.3) is 0 Å². The van der Waals surface area contributed by atoms with E-state index in [1.54, 1.807) is 0 Å². The molecular formula is C17H15F4N3O4. The summed E-state index contributed by atoms with van der Waals surface area (Å²) in [6.45, 7) is 1.32. The SMILES string of the molecule is C[C@H](OC(=O)C1=NN(c2c(F)c(F)cc(F)c2F)C(=O)CC1)C(=O)NC1CC1. The number of nitrogens with one attached hydrogen (secondary N) is 1. The second-order valence-corrected chi connectivity index (χ2v) is 6.40. The lowest BCUT2D eigenvalue weighted by molar-refractivity contribution is -0.148. The molecule has 1 N–H and O–H groups in total. The van der Waals surface area contributed by atoms with Crippen LogP contribution in [0.5, 0.6) is 0 Å². The lowest BCUT2D eigenvalue weighted by atomic mass is 10.1. The van der Waals surface area contributed by atoms with Crippen LogP contribution in [0.2, 0.25) is 0 Å². The molecule has 1 aliphatic carbocycles. The zero-order valence-corrected chi connectivity index (χ0v) is 14.6. The maximum Gasteiger partial charge on any atom is 0.355 e. The van der Waals surface area contributed by atoms with Crippen molar-refractivity contribution in [1.29, 1.82) is 0 Å². The lowest BCUT2D eigenvalue weighted by Crippen LogP contribution is -2.40. The summed E-state index contributed by atoms with van der Waals surface area (Å²) in [6, 6.07) is 0.0318. The Balaban J connectivity index is 1.82. The van der Waals surface area contributed by atoms with Gasteiger partial charge in [-0.3, -0.25) is 9.59 Å². The number of amides is 2. The van der Waals surface area contributed by atoms with Gasteiger partial charge in [0.15, 0.2) is 29.4 Å². The Morgan fingerprint density at radius 2 is 1.79 bits per heavy atom. The van der Waals surface area contributed by atoms with Gasteiger partial charge in [0.05, 0.1) is 0 Å². The van der Waals surface area contributed by atoms with E-state index in [0.29, 0.717) is 0 Å². The monoisotopic (exact) mass is 401 g/mol. The molecule has 0 radical (unpaired) electrons. The third-order valence-corrected chi connectivity index (χ3v) is 4.15. The predicted molar refractivity (Wildman–Crippen MR) is 87.1 cm³/mol. The van der Waals surface area contributed by atoms with E-state index < -0.39 is 65.0 Å². The summed E-state index contributed by atoms with van der Waals surface area (Å²) >= 11 is 0. The van der Waals surface area contributed by atoms with Crippen LogP contribution in [0, 0.1) is 23.3 Å². The molecule has 0 saturated heterocycles. The molecule has 150 valence electrons. The number of halogens is 4. The van der Waals surface area contributed by atoms with Crippen LogP contribution < -0.4 is 10.3 Å². The molecular weight excluding hydrogens is 386 g/mol. The Hall–Kier alpha value is -2.98. The van der Waals surface area contributed by atoms with Crippen molar-refractivity contribution < 1.29 is 36.7 Å². The summed E-state index contributed by atoms with van der Waals surface area (Å²) in [6.07, 6.45) is -0.142. The molecule has 0 spiro atoms. The first kappa shape index (κ1) is 19.8. The van der Waals surface area contributed by atoms with Crippen LogP contribution in [-0.4, -0.2) is 35.6 Å². The number of anilines is 1. The zero-order valence-electron chi connectivity index (χ0n) is 14.6. The number of hydrogen-bond acceptors (Lipinski definition) is 5. The van der Waals surface area contributed by atoms with Gasteiger partial charge in [0.25, 0.3) is 5.91 Å². The molecule has 1 heterocycles. The molecule has 2 aliphatic rings. The third kappa shape index (κ3) is 3.97. The van der Waals surface area contributed by atoms with E-state index in [4.69, 9.17) is 4.74 Å². The van der Waals surface area contributed by atoms with Gasteiger partial charge in [0.1, 0.15) is 11.4 Å². The smallest absolute Gasteiger partial charge is 0.355 e. The first-order valence-corrected chi connectivity index (χ1v) is 8.43. The molecule has 0 bridgehead atoms. The van der Waals surface area contributed by atoms with Crippen molar-refractivity contribution >= 4 is 29.2 Å². The summed E-state index contributed by atoms with van der Waals surface area (Å²) in [4.78, 5) is 36.0. The highest BCUT2D eigenvalue weighted by Crippen LogP contribution is 2.30. The fourth-order valence-electron chi connectivity index (χ4n) is 2.45. The summed E-state index contributed by atoms with van der Waals surface area (Å²) in [5.74, 6) is -9.70. The normalized spacial score (nSPS) is 17.8. The van der Waals surface area contributed by atoms with Gasteiger partial charge >= 0.3 is 5.97 Å². The number of esters is 1. The van der Waals surface area contributed by atoms with E-state index in [9.17, 15) is 31.9 Å². The minimum Gasteiger partial charge on any atom is -0.448 e. The Kier molecular flexibility index (Phi) is 5.34. The summed E-state index contributed by atoms with van der Waals surface area (Å²) in [5, 5.41) is 6.22. The average Bonchev–Trinajstić information content (AvgIpc) is 3.45. The van der Waals surface area contributed by atoms with Gasteiger partial charge < -0.3 is 10.1 Å². The van der Waals surface area contributed by atoms with Gasteiger partial charge in [-0.25, -0.2) is 22.4 Å². The molecule has 1 aromatic carbocycles. The molecule has 0 aromatic heterocycles. The summed E-state index contributed by atoms with van der Waals surface area (Å²) < 4.78 is 59.7. The Morgan fingerprint density at radius 3 is 2.36 bits per heavy atom. The summed E-state index contributed by atoms with van der Waals surface area (Å²) in [5.41, 5.74) is -1.79. The molecule has 1 saturated carbocycles. The number of nitrogens with zero attached hydrogens (tertiary/aromatic N) is 2. The van der Waals surface area contributed by atoms with Crippen molar-refractivity contribution in [2.24, 2.45) is 5.10 Å². The molecule has 28 heavy (non-hydrogen) atoms. The van der Waals surface area contributed by atoms with E-state index in [-0.39, 0.29) is 23.5 Å².